The Labute approximate surface area is 343 Å². The van der Waals surface area contributed by atoms with Gasteiger partial charge in [0.25, 0.3) is 5.91 Å². The van der Waals surface area contributed by atoms with Gasteiger partial charge in [-0.2, -0.15) is 9.97 Å². The Morgan fingerprint density at radius 2 is 1.61 bits per heavy atom. The summed E-state index contributed by atoms with van der Waals surface area (Å²) in [5.41, 5.74) is 9.68. The van der Waals surface area contributed by atoms with Gasteiger partial charge in [-0.15, -0.1) is 0 Å². The Morgan fingerprint density at radius 1 is 0.932 bits per heavy atom. The molecule has 0 aliphatic carbocycles. The number of likely N-dealkylation sites (tertiary alicyclic amines) is 1. The van der Waals surface area contributed by atoms with Crippen molar-refractivity contribution in [1.29, 1.82) is 0 Å². The van der Waals surface area contributed by atoms with Gasteiger partial charge in [-0.25, -0.2) is 10.7 Å². The van der Waals surface area contributed by atoms with Crippen molar-refractivity contribution in [3.8, 4) is 6.01 Å². The standard InChI is InChI=1S/C41H57N11O7/c1-5-6-21-58-40-49-35(42)34-36(50-40)52(41(57)48-34)23-29-9-7-28(8-10-29)22-51-19-16-27(17-20-51)15-18-44-38(55)30-11-13-31(14-12-30)46-37(54)26(4)45-39(56)33(25(2)3)47-32(53)24-59-43/h7-14,25-27,33H,5-6,15-24,43H2,1-4H3,(H,44,55)(H,45,56)(H,46,54)(H,47,53)(H,48,57)(H2,42,49,50)/t26-,33-/m0/s1. The summed E-state index contributed by atoms with van der Waals surface area (Å²) in [7, 11) is 0. The highest BCUT2D eigenvalue weighted by molar-refractivity contribution is 5.99. The Kier molecular flexibility index (Phi) is 15.9. The number of nitrogens with one attached hydrogen (secondary N) is 5. The Morgan fingerprint density at radius 3 is 2.25 bits per heavy atom. The number of hydrogen-bond acceptors (Lipinski definition) is 12. The molecular weight excluding hydrogens is 759 g/mol. The van der Waals surface area contributed by atoms with Gasteiger partial charge in [-0.3, -0.25) is 33.5 Å². The van der Waals surface area contributed by atoms with Crippen LogP contribution in [0.2, 0.25) is 0 Å². The number of carbonyl (C=O) groups excluding carboxylic acids is 4. The number of nitrogens with zero attached hydrogens (tertiary/aromatic N) is 4. The van der Waals surface area contributed by atoms with E-state index in [9.17, 15) is 24.0 Å². The van der Waals surface area contributed by atoms with E-state index in [4.69, 9.17) is 16.4 Å². The topological polar surface area (TPSA) is 254 Å². The number of nitrogen functional groups attached to an aromatic ring is 1. The highest BCUT2D eigenvalue weighted by Crippen LogP contribution is 2.23. The molecule has 0 spiro atoms. The molecule has 1 aliphatic heterocycles. The van der Waals surface area contributed by atoms with Crippen LogP contribution in [0.5, 0.6) is 6.01 Å². The van der Waals surface area contributed by atoms with Gasteiger partial charge in [0.1, 0.15) is 24.2 Å². The second kappa shape index (κ2) is 21.2. The molecule has 318 valence electrons. The molecule has 2 atom stereocenters. The number of fused-ring (bicyclic) bond motifs is 1. The van der Waals surface area contributed by atoms with E-state index in [0.29, 0.717) is 48.0 Å². The van der Waals surface area contributed by atoms with Crippen LogP contribution in [0.4, 0.5) is 11.5 Å². The number of amides is 4. The quantitative estimate of drug-likeness (QED) is 0.0502. The van der Waals surface area contributed by atoms with Crippen LogP contribution in [0.3, 0.4) is 0 Å². The predicted octanol–water partition coefficient (Wildman–Crippen LogP) is 2.44. The van der Waals surface area contributed by atoms with Crippen molar-refractivity contribution >= 4 is 46.3 Å². The van der Waals surface area contributed by atoms with Gasteiger partial charge < -0.3 is 36.7 Å². The van der Waals surface area contributed by atoms with Crippen LogP contribution in [0.1, 0.15) is 81.3 Å². The molecule has 2 aromatic heterocycles. The fourth-order valence-corrected chi connectivity index (χ4v) is 6.82. The van der Waals surface area contributed by atoms with Crippen molar-refractivity contribution in [2.75, 3.05) is 43.9 Å². The number of hydrogen-bond donors (Lipinski definition) is 7. The minimum absolute atomic E-state index is 0.160. The van der Waals surface area contributed by atoms with Gasteiger partial charge in [0, 0.05) is 24.3 Å². The molecule has 0 saturated carbocycles. The van der Waals surface area contributed by atoms with Crippen LogP contribution in [0, 0.1) is 11.8 Å². The van der Waals surface area contributed by atoms with Crippen LogP contribution in [0.15, 0.2) is 53.3 Å². The highest BCUT2D eigenvalue weighted by atomic mass is 16.6. The van der Waals surface area contributed by atoms with E-state index in [1.165, 1.54) is 12.5 Å². The monoisotopic (exact) mass is 815 g/mol. The van der Waals surface area contributed by atoms with Crippen LogP contribution >= 0.6 is 0 Å². The van der Waals surface area contributed by atoms with E-state index in [0.717, 1.165) is 57.3 Å². The molecule has 1 fully saturated rings. The van der Waals surface area contributed by atoms with E-state index in [-0.39, 0.29) is 29.3 Å². The smallest absolute Gasteiger partial charge is 0.328 e. The molecule has 18 nitrogen and oxygen atoms in total. The second-order valence-electron chi connectivity index (χ2n) is 15.3. The zero-order chi connectivity index (χ0) is 42.5. The van der Waals surface area contributed by atoms with Crippen LogP contribution in [-0.4, -0.2) is 93.0 Å². The van der Waals surface area contributed by atoms with Crippen molar-refractivity contribution in [3.63, 3.8) is 0 Å². The van der Waals surface area contributed by atoms with Crippen molar-refractivity contribution in [2.24, 2.45) is 17.7 Å². The lowest BCUT2D eigenvalue weighted by Gasteiger charge is -2.32. The number of aromatic amines is 1. The third-order valence-electron chi connectivity index (χ3n) is 10.3. The lowest BCUT2D eigenvalue weighted by atomic mass is 9.93. The lowest BCUT2D eigenvalue weighted by Crippen LogP contribution is -2.54. The van der Waals surface area contributed by atoms with Crippen molar-refractivity contribution in [1.82, 2.24) is 40.4 Å². The molecule has 2 aromatic carbocycles. The number of H-pyrrole nitrogens is 1. The molecule has 3 heterocycles. The van der Waals surface area contributed by atoms with Gasteiger partial charge in [-0.05, 0) is 92.9 Å². The molecule has 9 N–H and O–H groups in total. The number of aromatic nitrogens is 4. The van der Waals surface area contributed by atoms with Crippen molar-refractivity contribution < 1.29 is 28.8 Å². The number of ether oxygens (including phenoxy) is 1. The number of anilines is 2. The molecule has 0 radical (unpaired) electrons. The number of rotatable bonds is 20. The maximum absolute atomic E-state index is 12.9. The summed E-state index contributed by atoms with van der Waals surface area (Å²) in [5, 5.41) is 10.9. The summed E-state index contributed by atoms with van der Waals surface area (Å²) in [6.45, 7) is 10.8. The molecule has 5 rings (SSSR count). The molecule has 18 heteroatoms. The van der Waals surface area contributed by atoms with Crippen molar-refractivity contribution in [2.45, 2.75) is 85.0 Å². The number of imidazole rings is 1. The van der Waals surface area contributed by atoms with Crippen LogP contribution < -0.4 is 43.3 Å². The SMILES string of the molecule is CCCCOc1nc(N)c2[nH]c(=O)n(Cc3ccc(CN4CCC(CCNC(=O)c5ccc(NC(=O)[C@H](C)NC(=O)[C@@H](NC(=O)CON)C(C)C)cc5)CC4)cc3)c2n1. The molecule has 0 bridgehead atoms. The van der Waals surface area contributed by atoms with Gasteiger partial charge in [0.2, 0.25) is 17.7 Å². The summed E-state index contributed by atoms with van der Waals surface area (Å²) in [5.74, 6) is 3.65. The molecule has 4 amide bonds. The largest absolute Gasteiger partial charge is 0.463 e. The molecule has 1 saturated heterocycles. The zero-order valence-corrected chi connectivity index (χ0v) is 34.2. The summed E-state index contributed by atoms with van der Waals surface area (Å²) in [6.07, 6.45) is 4.79. The Bertz CT molecular complexity index is 2090. The predicted molar refractivity (Wildman–Crippen MR) is 223 cm³/mol. The molecule has 0 unspecified atom stereocenters. The minimum Gasteiger partial charge on any atom is -0.463 e. The Balaban J connectivity index is 1.01. The van der Waals surface area contributed by atoms with Gasteiger partial charge in [-0.1, -0.05) is 51.5 Å². The summed E-state index contributed by atoms with van der Waals surface area (Å²) in [6, 6.07) is 13.2. The van der Waals surface area contributed by atoms with Gasteiger partial charge in [0.15, 0.2) is 11.5 Å². The second-order valence-corrected chi connectivity index (χ2v) is 15.3. The normalized spacial score (nSPS) is 14.5. The van der Waals surface area contributed by atoms with E-state index >= 15 is 0 Å². The maximum Gasteiger partial charge on any atom is 0.328 e. The first-order valence-corrected chi connectivity index (χ1v) is 20.1. The van der Waals surface area contributed by atoms with E-state index in [1.807, 2.05) is 12.1 Å². The lowest BCUT2D eigenvalue weighted by molar-refractivity contribution is -0.133. The number of nitrogens with two attached hydrogens (primary N) is 2. The number of unbranched alkanes of at least 4 members (excludes halogenated alkanes) is 1. The average molecular weight is 816 g/mol. The first-order valence-electron chi connectivity index (χ1n) is 20.1. The fourth-order valence-electron chi connectivity index (χ4n) is 6.82. The maximum atomic E-state index is 12.9. The van der Waals surface area contributed by atoms with E-state index in [2.05, 4.69) is 65.0 Å². The first kappa shape index (κ1) is 44.3. The average Bonchev–Trinajstić information content (AvgIpc) is 3.53. The molecular formula is C41H57N11O7. The zero-order valence-electron chi connectivity index (χ0n) is 34.2. The first-order chi connectivity index (χ1) is 28.3. The van der Waals surface area contributed by atoms with Crippen LogP contribution in [0.25, 0.3) is 11.2 Å². The molecule has 4 aromatic rings. The summed E-state index contributed by atoms with van der Waals surface area (Å²) >= 11 is 0. The van der Waals surface area contributed by atoms with Crippen LogP contribution in [-0.2, 0) is 32.3 Å². The molecule has 1 aliphatic rings. The molecule has 59 heavy (non-hydrogen) atoms. The third-order valence-corrected chi connectivity index (χ3v) is 10.3. The minimum atomic E-state index is -0.896. The van der Waals surface area contributed by atoms with Crippen molar-refractivity contribution in [3.05, 3.63) is 75.7 Å². The van der Waals surface area contributed by atoms with Gasteiger partial charge in [0.05, 0.1) is 13.2 Å². The van der Waals surface area contributed by atoms with E-state index < -0.39 is 36.4 Å². The highest BCUT2D eigenvalue weighted by Gasteiger charge is 2.27. The third kappa shape index (κ3) is 12.6. The van der Waals surface area contributed by atoms with Gasteiger partial charge >= 0.3 is 11.7 Å². The van der Waals surface area contributed by atoms with E-state index in [1.54, 1.807) is 42.7 Å². The summed E-state index contributed by atoms with van der Waals surface area (Å²) in [4.78, 5) is 81.3. The number of carbonyl (C=O) groups is 4. The number of benzene rings is 2. The Hall–Kier alpha value is -5.85. The number of piperidine rings is 1. The fraction of sp³-hybridized carbons (Fsp3) is 0.488. The summed E-state index contributed by atoms with van der Waals surface area (Å²) < 4.78 is 7.20.